The minimum absolute atomic E-state index is 0.152. The molecule has 0 unspecified atom stereocenters. The molecule has 0 aliphatic carbocycles. The van der Waals surface area contributed by atoms with E-state index in [1.807, 2.05) is 19.9 Å². The minimum atomic E-state index is -0.388. The van der Waals surface area contributed by atoms with E-state index in [1.54, 1.807) is 11.0 Å². The number of rotatable bonds is 4. The van der Waals surface area contributed by atoms with Crippen molar-refractivity contribution in [3.05, 3.63) is 57.8 Å². The summed E-state index contributed by atoms with van der Waals surface area (Å²) in [5.41, 5.74) is 5.19. The van der Waals surface area contributed by atoms with Crippen LogP contribution in [0.25, 0.3) is 11.8 Å². The Bertz CT molecular complexity index is 1060. The molecule has 2 aromatic rings. The van der Waals surface area contributed by atoms with Crippen LogP contribution in [0.2, 0.25) is 0 Å². The number of hydrogen-bond acceptors (Lipinski definition) is 4. The van der Waals surface area contributed by atoms with Gasteiger partial charge >= 0.3 is 0 Å². The Morgan fingerprint density at radius 1 is 1.03 bits per heavy atom. The first kappa shape index (κ1) is 21.4. The molecule has 3 amide bonds. The van der Waals surface area contributed by atoms with E-state index in [1.165, 1.54) is 5.56 Å². The number of carbonyl (C=O) groups excluding carboxylic acids is 3. The van der Waals surface area contributed by atoms with Gasteiger partial charge in [0.05, 0.1) is 4.91 Å². The summed E-state index contributed by atoms with van der Waals surface area (Å²) in [4.78, 5) is 41.1. The Morgan fingerprint density at radius 3 is 2.39 bits per heavy atom. The van der Waals surface area contributed by atoms with Gasteiger partial charge in [0.1, 0.15) is 6.54 Å². The molecule has 6 nitrogen and oxygen atoms in total. The second-order valence-corrected chi connectivity index (χ2v) is 9.20. The smallest absolute Gasteiger partial charge is 0.294 e. The van der Waals surface area contributed by atoms with E-state index < -0.39 is 0 Å². The second-order valence-electron chi connectivity index (χ2n) is 8.21. The van der Waals surface area contributed by atoms with Gasteiger partial charge in [-0.25, -0.2) is 0 Å². The number of amides is 3. The summed E-state index contributed by atoms with van der Waals surface area (Å²) in [6.07, 6.45) is 4.84. The molecule has 2 saturated heterocycles. The molecular formula is C24H27N3O3S. The highest BCUT2D eigenvalue weighted by atomic mass is 32.2. The van der Waals surface area contributed by atoms with Crippen molar-refractivity contribution in [1.29, 1.82) is 0 Å². The lowest BCUT2D eigenvalue weighted by Crippen LogP contribution is -2.44. The van der Waals surface area contributed by atoms with Crippen molar-refractivity contribution in [2.24, 2.45) is 0 Å². The van der Waals surface area contributed by atoms with Crippen molar-refractivity contribution in [3.8, 4) is 5.69 Å². The molecular weight excluding hydrogens is 410 g/mol. The largest absolute Gasteiger partial charge is 0.341 e. The van der Waals surface area contributed by atoms with Crippen LogP contribution in [0.1, 0.15) is 41.8 Å². The van der Waals surface area contributed by atoms with E-state index in [0.29, 0.717) is 18.0 Å². The summed E-state index contributed by atoms with van der Waals surface area (Å²) in [5.74, 6) is -0.540. The third-order valence-electron chi connectivity index (χ3n) is 5.92. The highest BCUT2D eigenvalue weighted by molar-refractivity contribution is 8.18. The summed E-state index contributed by atoms with van der Waals surface area (Å²) in [6.45, 7) is 7.31. The summed E-state index contributed by atoms with van der Waals surface area (Å²) in [6, 6.07) is 10.3. The van der Waals surface area contributed by atoms with Crippen molar-refractivity contribution in [2.45, 2.75) is 40.0 Å². The SMILES string of the molecule is Cc1ccc(-n2c(C)cc(/C=C3\SC(=O)N(CC(=O)N4CCCCC4)C3=O)c2C)cc1. The average molecular weight is 438 g/mol. The van der Waals surface area contributed by atoms with Gasteiger partial charge in [-0.05, 0) is 81.6 Å². The highest BCUT2D eigenvalue weighted by Gasteiger charge is 2.37. The predicted molar refractivity (Wildman–Crippen MR) is 123 cm³/mol. The zero-order valence-corrected chi connectivity index (χ0v) is 19.0. The molecule has 1 aromatic heterocycles. The number of benzene rings is 1. The minimum Gasteiger partial charge on any atom is -0.341 e. The third-order valence-corrected chi connectivity index (χ3v) is 6.83. The monoisotopic (exact) mass is 437 g/mol. The quantitative estimate of drug-likeness (QED) is 0.663. The van der Waals surface area contributed by atoms with Gasteiger partial charge in [-0.15, -0.1) is 0 Å². The second kappa shape index (κ2) is 8.75. The molecule has 0 spiro atoms. The number of aromatic nitrogens is 1. The molecule has 2 aliphatic rings. The predicted octanol–water partition coefficient (Wildman–Crippen LogP) is 4.45. The van der Waals surface area contributed by atoms with E-state index in [0.717, 1.165) is 58.6 Å². The summed E-state index contributed by atoms with van der Waals surface area (Å²) in [7, 11) is 0. The molecule has 7 heteroatoms. The van der Waals surface area contributed by atoms with Gasteiger partial charge < -0.3 is 9.47 Å². The van der Waals surface area contributed by atoms with Gasteiger partial charge in [-0.1, -0.05) is 17.7 Å². The van der Waals surface area contributed by atoms with Crippen molar-refractivity contribution >= 4 is 34.9 Å². The first-order valence-corrected chi connectivity index (χ1v) is 11.5. The van der Waals surface area contributed by atoms with Crippen LogP contribution < -0.4 is 0 Å². The number of imide groups is 1. The fourth-order valence-corrected chi connectivity index (χ4v) is 5.01. The van der Waals surface area contributed by atoms with Crippen molar-refractivity contribution in [2.75, 3.05) is 19.6 Å². The van der Waals surface area contributed by atoms with E-state index in [9.17, 15) is 14.4 Å². The van der Waals surface area contributed by atoms with Crippen LogP contribution in [0, 0.1) is 20.8 Å². The fraction of sp³-hybridized carbons (Fsp3) is 0.375. The van der Waals surface area contributed by atoms with Crippen LogP contribution >= 0.6 is 11.8 Å². The van der Waals surface area contributed by atoms with E-state index in [2.05, 4.69) is 35.8 Å². The molecule has 0 N–H and O–H groups in total. The maximum Gasteiger partial charge on any atom is 0.294 e. The molecule has 0 atom stereocenters. The molecule has 0 radical (unpaired) electrons. The molecule has 2 aliphatic heterocycles. The van der Waals surface area contributed by atoms with Crippen LogP contribution in [0.4, 0.5) is 4.79 Å². The van der Waals surface area contributed by atoms with E-state index in [-0.39, 0.29) is 23.6 Å². The van der Waals surface area contributed by atoms with Gasteiger partial charge in [-0.2, -0.15) is 0 Å². The van der Waals surface area contributed by atoms with Gasteiger partial charge in [0.15, 0.2) is 0 Å². The van der Waals surface area contributed by atoms with Crippen LogP contribution in [-0.2, 0) is 9.59 Å². The summed E-state index contributed by atoms with van der Waals surface area (Å²) in [5, 5.41) is -0.381. The molecule has 31 heavy (non-hydrogen) atoms. The molecule has 2 fully saturated rings. The number of carbonyl (C=O) groups is 3. The summed E-state index contributed by atoms with van der Waals surface area (Å²) >= 11 is 0.905. The standard InChI is InChI=1S/C24H27N3O3S/c1-16-7-9-20(10-8-16)27-17(2)13-19(18(27)3)14-21-23(29)26(24(30)31-21)15-22(28)25-11-5-4-6-12-25/h7-10,13-14H,4-6,11-12,15H2,1-3H3/b21-14-. The molecule has 162 valence electrons. The lowest BCUT2D eigenvalue weighted by molar-refractivity contribution is -0.136. The Balaban J connectivity index is 1.55. The Morgan fingerprint density at radius 2 is 1.71 bits per heavy atom. The van der Waals surface area contributed by atoms with Gasteiger partial charge in [0, 0.05) is 30.2 Å². The number of likely N-dealkylation sites (tertiary alicyclic amines) is 1. The molecule has 0 saturated carbocycles. The molecule has 0 bridgehead atoms. The fourth-order valence-electron chi connectivity index (χ4n) is 4.18. The normalized spacial score (nSPS) is 18.4. The zero-order valence-electron chi connectivity index (χ0n) is 18.2. The van der Waals surface area contributed by atoms with Gasteiger partial charge in [0.2, 0.25) is 5.91 Å². The van der Waals surface area contributed by atoms with Crippen molar-refractivity contribution in [3.63, 3.8) is 0 Å². The number of hydrogen-bond donors (Lipinski definition) is 0. The number of aryl methyl sites for hydroxylation is 2. The maximum atomic E-state index is 12.9. The maximum absolute atomic E-state index is 12.9. The first-order valence-electron chi connectivity index (χ1n) is 10.6. The number of thioether (sulfide) groups is 1. The van der Waals surface area contributed by atoms with Crippen LogP contribution in [0.15, 0.2) is 35.2 Å². The van der Waals surface area contributed by atoms with E-state index in [4.69, 9.17) is 0 Å². The van der Waals surface area contributed by atoms with Crippen molar-refractivity contribution in [1.82, 2.24) is 14.4 Å². The van der Waals surface area contributed by atoms with Crippen molar-refractivity contribution < 1.29 is 14.4 Å². The van der Waals surface area contributed by atoms with Gasteiger partial charge in [0.25, 0.3) is 11.1 Å². The van der Waals surface area contributed by atoms with Crippen LogP contribution in [0.5, 0.6) is 0 Å². The first-order chi connectivity index (χ1) is 14.8. The summed E-state index contributed by atoms with van der Waals surface area (Å²) < 4.78 is 2.13. The van der Waals surface area contributed by atoms with Gasteiger partial charge in [-0.3, -0.25) is 19.3 Å². The molecule has 1 aromatic carbocycles. The Labute approximate surface area is 186 Å². The molecule has 3 heterocycles. The molecule has 4 rings (SSSR count). The average Bonchev–Trinajstić information content (AvgIpc) is 3.19. The topological polar surface area (TPSA) is 62.6 Å². The zero-order chi connectivity index (χ0) is 22.1. The highest BCUT2D eigenvalue weighted by Crippen LogP contribution is 2.34. The number of piperidine rings is 1. The Kier molecular flexibility index (Phi) is 6.05. The lowest BCUT2D eigenvalue weighted by Gasteiger charge is -2.27. The van der Waals surface area contributed by atoms with Crippen LogP contribution in [-0.4, -0.2) is 51.1 Å². The van der Waals surface area contributed by atoms with E-state index >= 15 is 0 Å². The third kappa shape index (κ3) is 4.32. The lowest BCUT2D eigenvalue weighted by atomic mass is 10.1. The number of nitrogens with zero attached hydrogens (tertiary/aromatic N) is 3. The van der Waals surface area contributed by atoms with Crippen LogP contribution in [0.3, 0.4) is 0 Å². The Hall–Kier alpha value is -2.80.